The number of aromatic nitrogens is 12. The van der Waals surface area contributed by atoms with E-state index in [1.165, 1.54) is 110 Å². The van der Waals surface area contributed by atoms with E-state index in [9.17, 15) is 76.3 Å². The number of nitrogens with zero attached hydrogens (tertiary/aromatic N) is 20. The van der Waals surface area contributed by atoms with E-state index in [4.69, 9.17) is 30.5 Å². The second kappa shape index (κ2) is 47.5. The molecular weight excluding hydrogens is 1860 g/mol. The predicted octanol–water partition coefficient (Wildman–Crippen LogP) is 14.5. The van der Waals surface area contributed by atoms with Crippen LogP contribution < -0.4 is 51.9 Å². The summed E-state index contributed by atoms with van der Waals surface area (Å²) in [5.41, 5.74) is 12.3. The molecule has 4 aromatic carbocycles. The average molecular weight is 1940 g/mol. The van der Waals surface area contributed by atoms with Gasteiger partial charge in [-0.1, -0.05) is 60.1 Å². The quantitative estimate of drug-likeness (QED) is 0.0127. The molecule has 0 unspecified atom stereocenters. The van der Waals surface area contributed by atoms with Gasteiger partial charge in [-0.15, -0.1) is 0 Å². The SMILES string of the molecule is Cc1cccc(Cl)c1CC(=O)c1ccc(/C=N/Nc2ncc(F)c(N3CCOCC3)n2)nc1.O=C(Cc1cccc(C(F)(F)F)c1)c1cccc(/C=N/Nc2ncc(F)c(N3CCOCC3)n2)n1.O=C(Nc1cccc(C(F)(F)F)c1)c1ccc(/C=N/Nc2ncc(F)c(N3CCOCC3)n2)nc1.O=C(Nc1cccc(C(F)(F)F)c1)c1ccnc(/C=N/Nc2ncc(F)c(N3CCOCC3)n2)c1. The molecule has 0 spiro atoms. The highest BCUT2D eigenvalue weighted by molar-refractivity contribution is 6.31. The monoisotopic (exact) mass is 1930 g/mol. The van der Waals surface area contributed by atoms with E-state index in [1.807, 2.05) is 19.1 Å². The lowest BCUT2D eigenvalue weighted by Gasteiger charge is -2.27. The van der Waals surface area contributed by atoms with Crippen LogP contribution in [0.4, 0.5) is 116 Å². The number of rotatable bonds is 26. The summed E-state index contributed by atoms with van der Waals surface area (Å²) in [5, 5.41) is 21.4. The van der Waals surface area contributed by atoms with Gasteiger partial charge in [0.1, 0.15) is 5.69 Å². The van der Waals surface area contributed by atoms with Crippen molar-refractivity contribution in [1.29, 1.82) is 0 Å². The number of ketones is 2. The number of carbonyl (C=O) groups excluding carboxylic acids is 4. The van der Waals surface area contributed by atoms with E-state index in [-0.39, 0.29) is 105 Å². The molecule has 0 aliphatic carbocycles. The zero-order chi connectivity index (χ0) is 97.7. The Labute approximate surface area is 781 Å². The van der Waals surface area contributed by atoms with Crippen molar-refractivity contribution >= 4 is 118 Å². The molecule has 8 aromatic heterocycles. The first-order chi connectivity index (χ1) is 66.4. The number of anilines is 10. The third-order valence-electron chi connectivity index (χ3n) is 20.1. The number of carbonyl (C=O) groups is 4. The normalized spacial score (nSPS) is 14.2. The summed E-state index contributed by atoms with van der Waals surface area (Å²) in [6.45, 7) is 9.92. The summed E-state index contributed by atoms with van der Waals surface area (Å²) >= 11 is 6.23. The third-order valence-corrected chi connectivity index (χ3v) is 20.4. The van der Waals surface area contributed by atoms with Crippen molar-refractivity contribution in [2.75, 3.05) is 157 Å². The molecule has 12 heterocycles. The molecule has 4 aliphatic rings. The minimum atomic E-state index is -4.52. The number of Topliss-reactive ketones (excluding diaryl/α,β-unsaturated/α-hetero) is 2. The number of hydrazone groups is 4. The van der Waals surface area contributed by atoms with Crippen molar-refractivity contribution in [2.24, 2.45) is 20.4 Å². The zero-order valence-electron chi connectivity index (χ0n) is 72.4. The molecule has 4 aliphatic heterocycles. The Balaban J connectivity index is 0.000000155. The van der Waals surface area contributed by atoms with Gasteiger partial charge in [0, 0.05) is 111 Å². The number of nitrogens with one attached hydrogen (secondary N) is 6. The number of hydrogen-bond donors (Lipinski definition) is 6. The maximum Gasteiger partial charge on any atom is 0.416 e. The molecule has 48 heteroatoms. The lowest BCUT2D eigenvalue weighted by Crippen LogP contribution is -2.37. The van der Waals surface area contributed by atoms with Gasteiger partial charge in [-0.2, -0.15) is 79.9 Å². The average Bonchev–Trinajstić information content (AvgIpc) is 0.854. The maximum atomic E-state index is 14.1. The summed E-state index contributed by atoms with van der Waals surface area (Å²) < 4.78 is 193. The number of aryl methyl sites for hydroxylation is 1. The van der Waals surface area contributed by atoms with Gasteiger partial charge in [0.15, 0.2) is 58.1 Å². The smallest absolute Gasteiger partial charge is 0.378 e. The second-order valence-electron chi connectivity index (χ2n) is 29.7. The number of pyridine rings is 4. The van der Waals surface area contributed by atoms with Crippen molar-refractivity contribution < 1.29 is 95.2 Å². The molecule has 0 radical (unpaired) electrons. The van der Waals surface area contributed by atoms with Crippen molar-refractivity contribution in [3.8, 4) is 0 Å². The molecule has 12 aromatic rings. The van der Waals surface area contributed by atoms with Gasteiger partial charge in [-0.3, -0.25) is 34.1 Å². The highest BCUT2D eigenvalue weighted by Gasteiger charge is 2.34. The Morgan fingerprint density at radius 1 is 0.377 bits per heavy atom. The second-order valence-corrected chi connectivity index (χ2v) is 30.1. The first kappa shape index (κ1) is 99.8. The number of hydrogen-bond acceptors (Lipinski definition) is 32. The zero-order valence-corrected chi connectivity index (χ0v) is 73.2. The molecule has 2 amide bonds. The molecule has 16 rings (SSSR count). The van der Waals surface area contributed by atoms with Crippen LogP contribution in [0.5, 0.6) is 0 Å². The van der Waals surface area contributed by atoms with Gasteiger partial charge >= 0.3 is 18.5 Å². The molecule has 0 saturated carbocycles. The van der Waals surface area contributed by atoms with Gasteiger partial charge in [-0.25, -0.2) is 64.2 Å². The minimum Gasteiger partial charge on any atom is -0.378 e. The highest BCUT2D eigenvalue weighted by atomic mass is 35.5. The fraction of sp³-hybridized carbons (Fsp3) is 0.244. The van der Waals surface area contributed by atoms with Crippen LogP contribution in [0.25, 0.3) is 0 Å². The number of benzene rings is 4. The standard InChI is InChI=1S/C23H22ClFN6O2.C23H20F4N6O2.2C22H19F4N7O2/c1-15-3-2-4-19(24)18(15)11-21(32)16-5-6-17(26-12-16)13-28-30-23-27-14-20(25)22(29-23)31-7-9-33-10-8-31;24-18-14-28-22(31-21(18)33-7-9-35-10-8-33)32-29-13-17-5-2-6-19(30-17)20(34)12-15-3-1-4-16(11-15)23(25,26)27;23-18-13-28-21(31-19(18)33-6-8-35-9-7-33)32-29-12-17-5-4-14(11-27-17)20(34)30-16-3-1-2-15(10-16)22(24,25)26;23-18-13-28-21(31-19(18)33-6-8-35-9-7-33)32-29-12-17-10-14(4-5-27-17)20(34)30-16-3-1-2-15(11-16)22(24,25)26/h2-6,12-14H,7-11H2,1H3,(H,27,29,30);1-6,11,13-14H,7-10,12H2,(H,28,31,32);2*1-5,10-13H,6-9H2,(H,30,34)(H,28,31,32)/b28-13+;29-13+;2*29-12+. The largest absolute Gasteiger partial charge is 0.416 e. The van der Waals surface area contributed by atoms with Gasteiger partial charge in [0.2, 0.25) is 23.8 Å². The van der Waals surface area contributed by atoms with E-state index in [0.29, 0.717) is 133 Å². The first-order valence-corrected chi connectivity index (χ1v) is 42.1. The maximum absolute atomic E-state index is 14.1. The van der Waals surface area contributed by atoms with Crippen molar-refractivity contribution in [3.05, 3.63) is 296 Å². The molecule has 716 valence electrons. The third kappa shape index (κ3) is 29.2. The van der Waals surface area contributed by atoms with Gasteiger partial charge in [-0.05, 0) is 121 Å². The Bertz CT molecular complexity index is 6140. The van der Waals surface area contributed by atoms with Crippen LogP contribution in [-0.2, 0) is 50.3 Å². The van der Waals surface area contributed by atoms with Crippen LogP contribution in [0.15, 0.2) is 209 Å². The van der Waals surface area contributed by atoms with E-state index in [2.05, 4.69) is 113 Å². The van der Waals surface area contributed by atoms with E-state index >= 15 is 0 Å². The van der Waals surface area contributed by atoms with Crippen LogP contribution >= 0.6 is 11.6 Å². The predicted molar refractivity (Wildman–Crippen MR) is 484 cm³/mol. The van der Waals surface area contributed by atoms with E-state index in [1.54, 1.807) is 49.9 Å². The van der Waals surface area contributed by atoms with Gasteiger partial charge < -0.3 is 49.2 Å². The van der Waals surface area contributed by atoms with E-state index < -0.39 is 76.1 Å². The summed E-state index contributed by atoms with van der Waals surface area (Å²) in [5.74, 6) is -2.93. The van der Waals surface area contributed by atoms with E-state index in [0.717, 1.165) is 72.3 Å². The number of halogens is 14. The van der Waals surface area contributed by atoms with Crippen molar-refractivity contribution in [2.45, 2.75) is 38.3 Å². The molecule has 4 fully saturated rings. The Morgan fingerprint density at radius 2 is 0.754 bits per heavy atom. The van der Waals surface area contributed by atoms with Crippen LogP contribution in [0, 0.1) is 30.2 Å². The first-order valence-electron chi connectivity index (χ1n) is 41.8. The summed E-state index contributed by atoms with van der Waals surface area (Å²) in [7, 11) is 0. The molecule has 0 bridgehead atoms. The highest BCUT2D eigenvalue weighted by Crippen LogP contribution is 2.35. The minimum absolute atomic E-state index is 0.00283. The lowest BCUT2D eigenvalue weighted by molar-refractivity contribution is -0.138. The molecule has 6 N–H and O–H groups in total. The summed E-state index contributed by atoms with van der Waals surface area (Å²) in [4.78, 5) is 106. The van der Waals surface area contributed by atoms with Crippen LogP contribution in [0.3, 0.4) is 0 Å². The van der Waals surface area contributed by atoms with Crippen LogP contribution in [-0.4, -0.2) is 213 Å². The Morgan fingerprint density at radius 3 is 1.16 bits per heavy atom. The van der Waals surface area contributed by atoms with Crippen molar-refractivity contribution in [1.82, 2.24) is 59.8 Å². The van der Waals surface area contributed by atoms with Gasteiger partial charge in [0.05, 0.1) is 148 Å². The summed E-state index contributed by atoms with van der Waals surface area (Å²) in [6, 6.07) is 32.6. The van der Waals surface area contributed by atoms with Crippen LogP contribution in [0.2, 0.25) is 5.02 Å². The van der Waals surface area contributed by atoms with Crippen molar-refractivity contribution in [3.63, 3.8) is 0 Å². The molecule has 138 heavy (non-hydrogen) atoms. The fourth-order valence-corrected chi connectivity index (χ4v) is 13.4. The molecule has 0 atom stereocenters. The number of alkyl halides is 9. The molecular formula is C90H80ClF13N26O8. The Kier molecular flexibility index (Phi) is 34.4. The molecule has 34 nitrogen and oxygen atoms in total. The topological polar surface area (TPSA) is 394 Å². The fourth-order valence-electron chi connectivity index (χ4n) is 13.1. The Hall–Kier alpha value is -15.6. The number of morpholine rings is 4. The number of amides is 2. The lowest BCUT2D eigenvalue weighted by atomic mass is 10.0. The summed E-state index contributed by atoms with van der Waals surface area (Å²) in [6.07, 6.45) is 0.216. The van der Waals surface area contributed by atoms with Crippen LogP contribution in [0.1, 0.15) is 97.7 Å². The molecule has 4 saturated heterocycles. The number of ether oxygens (including phenoxy) is 4. The van der Waals surface area contributed by atoms with Gasteiger partial charge in [0.25, 0.3) is 11.8 Å².